The summed E-state index contributed by atoms with van der Waals surface area (Å²) in [6, 6.07) is -0.0927. The number of carbonyl (C=O) groups excluding carboxylic acids is 1. The van der Waals surface area contributed by atoms with Crippen LogP contribution in [0.4, 0.5) is 4.79 Å². The lowest BCUT2D eigenvalue weighted by Crippen LogP contribution is -2.42. The third kappa shape index (κ3) is 5.23. The molecule has 1 aliphatic heterocycles. The topological polar surface area (TPSA) is 55.8 Å². The van der Waals surface area contributed by atoms with Crippen LogP contribution >= 0.6 is 0 Å². The molecule has 5 nitrogen and oxygen atoms in total. The molecule has 5 heteroatoms. The van der Waals surface area contributed by atoms with Crippen LogP contribution in [0.1, 0.15) is 26.7 Å². The van der Waals surface area contributed by atoms with Crippen molar-refractivity contribution in [2.24, 2.45) is 5.92 Å². The fourth-order valence-electron chi connectivity index (χ4n) is 2.44. The molecule has 1 saturated heterocycles. The molecule has 18 heavy (non-hydrogen) atoms. The summed E-state index contributed by atoms with van der Waals surface area (Å²) in [5.74, 6) is 0.570. The molecular weight excluding hydrogens is 230 g/mol. The van der Waals surface area contributed by atoms with Gasteiger partial charge in [0.15, 0.2) is 0 Å². The van der Waals surface area contributed by atoms with Gasteiger partial charge in [-0.1, -0.05) is 6.92 Å². The first-order valence-corrected chi connectivity index (χ1v) is 6.92. The Hall–Kier alpha value is -0.810. The summed E-state index contributed by atoms with van der Waals surface area (Å²) in [4.78, 5) is 15.7. The third-order valence-electron chi connectivity index (χ3n) is 3.34. The fraction of sp³-hybridized carbons (Fsp3) is 0.923. The number of hydrogen-bond acceptors (Lipinski definition) is 3. The van der Waals surface area contributed by atoms with Crippen LogP contribution in [0, 0.1) is 5.92 Å². The number of rotatable bonds is 6. The van der Waals surface area contributed by atoms with E-state index in [-0.39, 0.29) is 6.03 Å². The van der Waals surface area contributed by atoms with Crippen molar-refractivity contribution >= 4 is 6.03 Å². The van der Waals surface area contributed by atoms with Crippen molar-refractivity contribution in [2.45, 2.75) is 32.8 Å². The summed E-state index contributed by atoms with van der Waals surface area (Å²) in [6.45, 7) is 8.39. The van der Waals surface area contributed by atoms with Gasteiger partial charge in [-0.15, -0.1) is 0 Å². The van der Waals surface area contributed by atoms with Crippen molar-refractivity contribution in [1.82, 2.24) is 15.1 Å². The number of carbonyl (C=O) groups is 1. The molecule has 0 saturated carbocycles. The van der Waals surface area contributed by atoms with Gasteiger partial charge in [-0.25, -0.2) is 4.79 Å². The second-order valence-electron chi connectivity index (χ2n) is 5.37. The van der Waals surface area contributed by atoms with Crippen molar-refractivity contribution in [1.29, 1.82) is 0 Å². The molecule has 1 aliphatic rings. The van der Waals surface area contributed by atoms with E-state index in [4.69, 9.17) is 0 Å². The van der Waals surface area contributed by atoms with Crippen LogP contribution < -0.4 is 5.32 Å². The number of likely N-dealkylation sites (tertiary alicyclic amines) is 1. The lowest BCUT2D eigenvalue weighted by atomic mass is 10.1. The molecule has 0 aliphatic carbocycles. The SMILES string of the molecule is CCCN1CCC(CNC(=O)N(C)CC(C)O)C1. The van der Waals surface area contributed by atoms with Crippen LogP contribution in [0.5, 0.6) is 0 Å². The Labute approximate surface area is 110 Å². The molecule has 0 aromatic carbocycles. The molecule has 2 amide bonds. The first-order chi connectivity index (χ1) is 8.52. The molecule has 0 aromatic rings. The number of urea groups is 1. The normalized spacial score (nSPS) is 21.9. The van der Waals surface area contributed by atoms with Gasteiger partial charge in [-0.05, 0) is 38.8 Å². The van der Waals surface area contributed by atoms with E-state index in [0.717, 1.165) is 26.2 Å². The highest BCUT2D eigenvalue weighted by Gasteiger charge is 2.22. The summed E-state index contributed by atoms with van der Waals surface area (Å²) >= 11 is 0. The Kier molecular flexibility index (Phi) is 6.43. The van der Waals surface area contributed by atoms with Crippen LogP contribution in [-0.2, 0) is 0 Å². The van der Waals surface area contributed by atoms with E-state index < -0.39 is 6.10 Å². The van der Waals surface area contributed by atoms with E-state index in [1.54, 1.807) is 14.0 Å². The molecule has 0 aromatic heterocycles. The van der Waals surface area contributed by atoms with E-state index in [0.29, 0.717) is 12.5 Å². The van der Waals surface area contributed by atoms with E-state index in [1.807, 2.05) is 0 Å². The monoisotopic (exact) mass is 257 g/mol. The van der Waals surface area contributed by atoms with E-state index in [2.05, 4.69) is 17.1 Å². The second-order valence-corrected chi connectivity index (χ2v) is 5.37. The van der Waals surface area contributed by atoms with Crippen LogP contribution in [-0.4, -0.2) is 66.8 Å². The number of aliphatic hydroxyl groups is 1. The zero-order valence-corrected chi connectivity index (χ0v) is 11.9. The van der Waals surface area contributed by atoms with Gasteiger partial charge in [-0.2, -0.15) is 0 Å². The van der Waals surface area contributed by atoms with Gasteiger partial charge in [0.25, 0.3) is 0 Å². The van der Waals surface area contributed by atoms with Crippen molar-refractivity contribution < 1.29 is 9.90 Å². The van der Waals surface area contributed by atoms with Crippen molar-refractivity contribution in [3.05, 3.63) is 0 Å². The maximum absolute atomic E-state index is 11.7. The summed E-state index contributed by atoms with van der Waals surface area (Å²) in [5, 5.41) is 12.2. The molecule has 1 fully saturated rings. The zero-order valence-electron chi connectivity index (χ0n) is 11.9. The predicted octanol–water partition coefficient (Wildman–Crippen LogP) is 0.741. The molecule has 106 valence electrons. The van der Waals surface area contributed by atoms with Gasteiger partial charge >= 0.3 is 6.03 Å². The minimum atomic E-state index is -0.479. The number of aliphatic hydroxyl groups excluding tert-OH is 1. The number of nitrogens with zero attached hydrogens (tertiary/aromatic N) is 2. The highest BCUT2D eigenvalue weighted by atomic mass is 16.3. The summed E-state index contributed by atoms with van der Waals surface area (Å²) in [5.41, 5.74) is 0. The van der Waals surface area contributed by atoms with E-state index >= 15 is 0 Å². The first kappa shape index (κ1) is 15.2. The zero-order chi connectivity index (χ0) is 13.5. The van der Waals surface area contributed by atoms with E-state index in [9.17, 15) is 9.90 Å². The highest BCUT2D eigenvalue weighted by molar-refractivity contribution is 5.73. The van der Waals surface area contributed by atoms with Gasteiger partial charge in [0.2, 0.25) is 0 Å². The Morgan fingerprint density at radius 1 is 1.61 bits per heavy atom. The van der Waals surface area contributed by atoms with Crippen LogP contribution in [0.15, 0.2) is 0 Å². The number of nitrogens with one attached hydrogen (secondary N) is 1. The third-order valence-corrected chi connectivity index (χ3v) is 3.34. The van der Waals surface area contributed by atoms with Crippen molar-refractivity contribution in [3.8, 4) is 0 Å². The molecule has 1 rings (SSSR count). The van der Waals surface area contributed by atoms with Gasteiger partial charge in [0.05, 0.1) is 6.10 Å². The molecule has 2 unspecified atom stereocenters. The van der Waals surface area contributed by atoms with Crippen LogP contribution in [0.25, 0.3) is 0 Å². The number of likely N-dealkylation sites (N-methyl/N-ethyl adjacent to an activating group) is 1. The molecule has 2 N–H and O–H groups in total. The minimum absolute atomic E-state index is 0.0927. The molecule has 1 heterocycles. The van der Waals surface area contributed by atoms with E-state index in [1.165, 1.54) is 17.7 Å². The van der Waals surface area contributed by atoms with Gasteiger partial charge < -0.3 is 20.2 Å². The van der Waals surface area contributed by atoms with Gasteiger partial charge in [-0.3, -0.25) is 0 Å². The highest BCUT2D eigenvalue weighted by Crippen LogP contribution is 2.15. The molecule has 0 bridgehead atoms. The Balaban J connectivity index is 2.19. The van der Waals surface area contributed by atoms with Crippen LogP contribution in [0.2, 0.25) is 0 Å². The van der Waals surface area contributed by atoms with Crippen molar-refractivity contribution in [3.63, 3.8) is 0 Å². The summed E-state index contributed by atoms with van der Waals surface area (Å²) in [6.07, 6.45) is 1.88. The van der Waals surface area contributed by atoms with Crippen LogP contribution in [0.3, 0.4) is 0 Å². The molecule has 0 spiro atoms. The molecule has 0 radical (unpaired) electrons. The maximum atomic E-state index is 11.7. The smallest absolute Gasteiger partial charge is 0.317 e. The lowest BCUT2D eigenvalue weighted by Gasteiger charge is -2.21. The Bertz CT molecular complexity index is 259. The summed E-state index contributed by atoms with van der Waals surface area (Å²) in [7, 11) is 1.71. The second kappa shape index (κ2) is 7.59. The van der Waals surface area contributed by atoms with Gasteiger partial charge in [0, 0.05) is 26.7 Å². The lowest BCUT2D eigenvalue weighted by molar-refractivity contribution is 0.143. The quantitative estimate of drug-likeness (QED) is 0.738. The average molecular weight is 257 g/mol. The Morgan fingerprint density at radius 2 is 2.33 bits per heavy atom. The van der Waals surface area contributed by atoms with Gasteiger partial charge in [0.1, 0.15) is 0 Å². The Morgan fingerprint density at radius 3 is 2.94 bits per heavy atom. The number of hydrogen-bond donors (Lipinski definition) is 2. The number of amides is 2. The standard InChI is InChI=1S/C13H27N3O2/c1-4-6-16-7-5-12(10-16)8-14-13(18)15(3)9-11(2)17/h11-12,17H,4-10H2,1-3H3,(H,14,18). The van der Waals surface area contributed by atoms with Crippen molar-refractivity contribution in [2.75, 3.05) is 39.8 Å². The first-order valence-electron chi connectivity index (χ1n) is 6.92. The maximum Gasteiger partial charge on any atom is 0.317 e. The molecular formula is C13H27N3O2. The minimum Gasteiger partial charge on any atom is -0.392 e. The fourth-order valence-corrected chi connectivity index (χ4v) is 2.44. The summed E-state index contributed by atoms with van der Waals surface area (Å²) < 4.78 is 0. The largest absolute Gasteiger partial charge is 0.392 e. The predicted molar refractivity (Wildman–Crippen MR) is 72.5 cm³/mol. The average Bonchev–Trinajstić information content (AvgIpc) is 2.73. The molecule has 2 atom stereocenters.